The fourth-order valence-corrected chi connectivity index (χ4v) is 6.02. The van der Waals surface area contributed by atoms with Crippen LogP contribution >= 0.6 is 11.3 Å². The molecule has 0 amide bonds. The van der Waals surface area contributed by atoms with Gasteiger partial charge in [-0.3, -0.25) is 0 Å². The van der Waals surface area contributed by atoms with Crippen molar-refractivity contribution in [3.05, 3.63) is 11.6 Å². The Hall–Kier alpha value is -0.520. The molecule has 1 atom stereocenters. The van der Waals surface area contributed by atoms with Crippen molar-refractivity contribution in [2.24, 2.45) is 5.14 Å². The lowest BCUT2D eigenvalue weighted by Crippen LogP contribution is -2.40. The highest BCUT2D eigenvalue weighted by Crippen LogP contribution is 2.39. The minimum atomic E-state index is -3.90. The summed E-state index contributed by atoms with van der Waals surface area (Å²) in [6.07, 6.45) is 0. The minimum Gasteiger partial charge on any atom is -0.309 e. The number of nitrogens with zero attached hydrogens (tertiary/aromatic N) is 1. The summed E-state index contributed by atoms with van der Waals surface area (Å²) in [6, 6.07) is 1.13. The Bertz CT molecular complexity index is 692. The molecule has 0 radical (unpaired) electrons. The van der Waals surface area contributed by atoms with Crippen molar-refractivity contribution in [1.82, 2.24) is 9.62 Å². The van der Waals surface area contributed by atoms with Crippen LogP contribution in [0.1, 0.15) is 18.5 Å². The zero-order chi connectivity index (χ0) is 14.4. The van der Waals surface area contributed by atoms with Crippen LogP contribution in [-0.2, 0) is 20.0 Å². The summed E-state index contributed by atoms with van der Waals surface area (Å²) < 4.78 is 48.2. The Morgan fingerprint density at radius 3 is 2.74 bits per heavy atom. The van der Waals surface area contributed by atoms with Gasteiger partial charge in [0.2, 0.25) is 10.0 Å². The third-order valence-electron chi connectivity index (χ3n) is 2.89. The van der Waals surface area contributed by atoms with Gasteiger partial charge in [0, 0.05) is 25.2 Å². The molecule has 0 spiro atoms. The molecule has 7 nitrogen and oxygen atoms in total. The summed E-state index contributed by atoms with van der Waals surface area (Å²) in [5.74, 6) is 0. The second kappa shape index (κ2) is 4.79. The third-order valence-corrected chi connectivity index (χ3v) is 7.81. The van der Waals surface area contributed by atoms with E-state index in [0.29, 0.717) is 23.4 Å². The number of fused-ring (bicyclic) bond motifs is 1. The van der Waals surface area contributed by atoms with Crippen LogP contribution in [0, 0.1) is 0 Å². The molecule has 2 heterocycles. The summed E-state index contributed by atoms with van der Waals surface area (Å²) >= 11 is 0.700. The van der Waals surface area contributed by atoms with Gasteiger partial charge in [0.15, 0.2) is 0 Å². The maximum absolute atomic E-state index is 12.2. The van der Waals surface area contributed by atoms with Crippen molar-refractivity contribution in [2.45, 2.75) is 21.4 Å². The van der Waals surface area contributed by atoms with Crippen LogP contribution in [-0.4, -0.2) is 41.3 Å². The monoisotopic (exact) mass is 325 g/mol. The molecule has 10 heteroatoms. The molecule has 0 saturated heterocycles. The van der Waals surface area contributed by atoms with E-state index in [1.165, 1.54) is 17.4 Å². The van der Waals surface area contributed by atoms with Gasteiger partial charge in [-0.1, -0.05) is 6.92 Å². The summed E-state index contributed by atoms with van der Waals surface area (Å²) in [6.45, 7) is 2.82. The van der Waals surface area contributed by atoms with Crippen LogP contribution in [0.5, 0.6) is 0 Å². The number of nitrogens with one attached hydrogen (secondary N) is 1. The van der Waals surface area contributed by atoms with Crippen LogP contribution in [0.25, 0.3) is 0 Å². The molecule has 3 N–H and O–H groups in total. The first-order chi connectivity index (χ1) is 8.67. The highest BCUT2D eigenvalue weighted by atomic mass is 32.3. The molecule has 1 aliphatic rings. The van der Waals surface area contributed by atoms with Gasteiger partial charge in [-0.2, -0.15) is 4.31 Å². The van der Waals surface area contributed by atoms with Crippen LogP contribution in [0.4, 0.5) is 0 Å². The van der Waals surface area contributed by atoms with Gasteiger partial charge >= 0.3 is 0 Å². The fourth-order valence-electron chi connectivity index (χ4n) is 1.97. The second-order valence-corrected chi connectivity index (χ2v) is 9.33. The number of sulfonamides is 2. The van der Waals surface area contributed by atoms with E-state index < -0.39 is 20.0 Å². The van der Waals surface area contributed by atoms with Gasteiger partial charge in [-0.15, -0.1) is 11.3 Å². The Balaban J connectivity index is 2.64. The van der Waals surface area contributed by atoms with E-state index >= 15 is 0 Å². The van der Waals surface area contributed by atoms with Gasteiger partial charge in [-0.05, 0) is 12.6 Å². The van der Waals surface area contributed by atoms with E-state index in [-0.39, 0.29) is 21.0 Å². The lowest BCUT2D eigenvalue weighted by molar-refractivity contribution is 0.385. The topological polar surface area (TPSA) is 110 Å². The Morgan fingerprint density at radius 2 is 2.21 bits per heavy atom. The number of nitrogens with two attached hydrogens (primary N) is 1. The average molecular weight is 325 g/mol. The van der Waals surface area contributed by atoms with E-state index in [0.717, 1.165) is 0 Å². The molecule has 1 aromatic heterocycles. The summed E-state index contributed by atoms with van der Waals surface area (Å²) in [5.41, 5.74) is 0.481. The molecule has 108 valence electrons. The Labute approximate surface area is 116 Å². The normalized spacial score (nSPS) is 23.2. The zero-order valence-electron chi connectivity index (χ0n) is 10.5. The Kier molecular flexibility index (Phi) is 3.75. The van der Waals surface area contributed by atoms with Gasteiger partial charge < -0.3 is 5.32 Å². The molecule has 1 aromatic rings. The van der Waals surface area contributed by atoms with E-state index in [9.17, 15) is 16.8 Å². The number of hydrogen-bond donors (Lipinski definition) is 2. The van der Waals surface area contributed by atoms with Crippen molar-refractivity contribution < 1.29 is 16.8 Å². The molecule has 19 heavy (non-hydrogen) atoms. The third kappa shape index (κ3) is 2.56. The molecule has 0 bridgehead atoms. The standard InChI is InChI=1S/C9H15N3O4S3/c1-3-11-7-5-12(2)19(15,16)9-6(7)4-8(17-9)18(10,13)14/h4,7,11H,3,5H2,1-2H3,(H2,10,13,14)/t7-/m0/s1. The lowest BCUT2D eigenvalue weighted by atomic mass is 10.1. The predicted octanol–water partition coefficient (Wildman–Crippen LogP) is -0.320. The molecule has 0 unspecified atom stereocenters. The molecule has 0 fully saturated rings. The average Bonchev–Trinajstić information content (AvgIpc) is 2.72. The molecule has 0 aliphatic carbocycles. The zero-order valence-corrected chi connectivity index (χ0v) is 12.9. The molecule has 0 saturated carbocycles. The fraction of sp³-hybridized carbons (Fsp3) is 0.556. The smallest absolute Gasteiger partial charge is 0.252 e. The van der Waals surface area contributed by atoms with Crippen molar-refractivity contribution in [3.63, 3.8) is 0 Å². The van der Waals surface area contributed by atoms with E-state index in [1.807, 2.05) is 6.92 Å². The van der Waals surface area contributed by atoms with Crippen molar-refractivity contribution >= 4 is 31.4 Å². The summed E-state index contributed by atoms with van der Waals surface area (Å²) in [7, 11) is -6.04. The molecule has 2 rings (SSSR count). The van der Waals surface area contributed by atoms with E-state index in [4.69, 9.17) is 5.14 Å². The number of rotatable bonds is 3. The van der Waals surface area contributed by atoms with Crippen LogP contribution in [0.2, 0.25) is 0 Å². The molecule has 1 aliphatic heterocycles. The van der Waals surface area contributed by atoms with Crippen LogP contribution in [0.15, 0.2) is 14.5 Å². The van der Waals surface area contributed by atoms with E-state index in [1.54, 1.807) is 0 Å². The van der Waals surface area contributed by atoms with Crippen molar-refractivity contribution in [3.8, 4) is 0 Å². The minimum absolute atomic E-state index is 0.0521. The summed E-state index contributed by atoms with van der Waals surface area (Å²) in [4.78, 5) is 0. The first-order valence-electron chi connectivity index (χ1n) is 5.54. The van der Waals surface area contributed by atoms with Crippen LogP contribution < -0.4 is 10.5 Å². The number of primary sulfonamides is 1. The highest BCUT2D eigenvalue weighted by Gasteiger charge is 2.37. The molecular weight excluding hydrogens is 310 g/mol. The van der Waals surface area contributed by atoms with Gasteiger partial charge in [0.25, 0.3) is 10.0 Å². The maximum Gasteiger partial charge on any atom is 0.252 e. The lowest BCUT2D eigenvalue weighted by Gasteiger charge is -2.29. The van der Waals surface area contributed by atoms with E-state index in [2.05, 4.69) is 5.32 Å². The molecule has 0 aromatic carbocycles. The largest absolute Gasteiger partial charge is 0.309 e. The van der Waals surface area contributed by atoms with Gasteiger partial charge in [0.05, 0.1) is 0 Å². The highest BCUT2D eigenvalue weighted by molar-refractivity contribution is 7.94. The number of thiophene rings is 1. The summed E-state index contributed by atoms with van der Waals surface area (Å²) in [5, 5.41) is 8.20. The van der Waals surface area contributed by atoms with Gasteiger partial charge in [0.1, 0.15) is 8.42 Å². The number of likely N-dealkylation sites (N-methyl/N-ethyl adjacent to an activating group) is 2. The predicted molar refractivity (Wildman–Crippen MR) is 71.9 cm³/mol. The first kappa shape index (κ1) is 14.9. The first-order valence-corrected chi connectivity index (χ1v) is 9.34. The van der Waals surface area contributed by atoms with Crippen molar-refractivity contribution in [2.75, 3.05) is 20.1 Å². The Morgan fingerprint density at radius 1 is 1.58 bits per heavy atom. The van der Waals surface area contributed by atoms with Gasteiger partial charge in [-0.25, -0.2) is 22.0 Å². The van der Waals surface area contributed by atoms with Crippen LogP contribution in [0.3, 0.4) is 0 Å². The number of hydrogen-bond acceptors (Lipinski definition) is 6. The second-order valence-electron chi connectivity index (χ2n) is 4.25. The van der Waals surface area contributed by atoms with Crippen molar-refractivity contribution in [1.29, 1.82) is 0 Å². The molecular formula is C9H15N3O4S3. The maximum atomic E-state index is 12.2. The SMILES string of the molecule is CCN[C@H]1CN(C)S(=O)(=O)c2sc(S(N)(=O)=O)cc21. The quantitative estimate of drug-likeness (QED) is 0.791.